The molecule has 0 saturated carbocycles. The van der Waals surface area contributed by atoms with Crippen LogP contribution in [0.2, 0.25) is 5.02 Å². The van der Waals surface area contributed by atoms with E-state index < -0.39 is 5.25 Å². The van der Waals surface area contributed by atoms with Gasteiger partial charge in [0.15, 0.2) is 0 Å². The molecule has 0 aliphatic rings. The van der Waals surface area contributed by atoms with Gasteiger partial charge in [-0.3, -0.25) is 4.79 Å². The van der Waals surface area contributed by atoms with Crippen molar-refractivity contribution in [1.29, 1.82) is 0 Å². The molecule has 140 valence electrons. The average molecular weight is 410 g/mol. The summed E-state index contributed by atoms with van der Waals surface area (Å²) in [7, 11) is 0. The van der Waals surface area contributed by atoms with Crippen molar-refractivity contribution < 1.29 is 4.79 Å². The zero-order valence-corrected chi connectivity index (χ0v) is 16.5. The van der Waals surface area contributed by atoms with E-state index in [4.69, 9.17) is 11.6 Å². The minimum absolute atomic E-state index is 0.123. The summed E-state index contributed by atoms with van der Waals surface area (Å²) >= 11 is 7.34. The van der Waals surface area contributed by atoms with Gasteiger partial charge in [0.2, 0.25) is 11.1 Å². The van der Waals surface area contributed by atoms with Gasteiger partial charge >= 0.3 is 0 Å². The van der Waals surface area contributed by atoms with Crippen molar-refractivity contribution in [3.8, 4) is 5.69 Å². The number of aromatic nitrogens is 4. The van der Waals surface area contributed by atoms with Crippen LogP contribution in [0.5, 0.6) is 0 Å². The number of carbonyl (C=O) groups is 1. The number of nitrogens with zero attached hydrogens (tertiary/aromatic N) is 4. The molecule has 1 heterocycles. The first-order valence-electron chi connectivity index (χ1n) is 8.61. The van der Waals surface area contributed by atoms with Crippen LogP contribution in [-0.2, 0) is 4.79 Å². The zero-order valence-electron chi connectivity index (χ0n) is 14.9. The monoisotopic (exact) mass is 409 g/mol. The second-order valence-electron chi connectivity index (χ2n) is 6.13. The smallest absolute Gasteiger partial charge is 0.237 e. The summed E-state index contributed by atoms with van der Waals surface area (Å²) in [5.74, 6) is -0.123. The number of halogens is 1. The molecule has 0 aliphatic heterocycles. The summed E-state index contributed by atoms with van der Waals surface area (Å²) in [6.07, 6.45) is 0. The predicted octanol–water partition coefficient (Wildman–Crippen LogP) is 4.59. The minimum atomic E-state index is -0.400. The molecule has 0 radical (unpaired) electrons. The Morgan fingerprint density at radius 2 is 1.89 bits per heavy atom. The molecule has 6 nitrogen and oxygen atoms in total. The molecule has 1 N–H and O–H groups in total. The summed E-state index contributed by atoms with van der Waals surface area (Å²) in [6, 6.07) is 21.0. The summed E-state index contributed by atoms with van der Waals surface area (Å²) < 4.78 is 1.57. The van der Waals surface area contributed by atoms with E-state index in [-0.39, 0.29) is 5.91 Å². The quantitative estimate of drug-likeness (QED) is 0.488. The van der Waals surface area contributed by atoms with E-state index in [0.29, 0.717) is 10.2 Å². The third kappa shape index (κ3) is 3.85. The molecule has 8 heteroatoms. The zero-order chi connectivity index (χ0) is 19.5. The molecule has 1 atom stereocenters. The molecule has 0 saturated heterocycles. The molecule has 0 unspecified atom stereocenters. The third-order valence-corrected chi connectivity index (χ3v) is 5.46. The third-order valence-electron chi connectivity index (χ3n) is 4.19. The van der Waals surface area contributed by atoms with Gasteiger partial charge in [-0.25, -0.2) is 0 Å². The van der Waals surface area contributed by atoms with E-state index in [2.05, 4.69) is 20.8 Å². The van der Waals surface area contributed by atoms with E-state index in [0.717, 1.165) is 22.1 Å². The summed E-state index contributed by atoms with van der Waals surface area (Å²) in [5, 5.41) is 17.6. The van der Waals surface area contributed by atoms with Crippen LogP contribution in [0.25, 0.3) is 16.5 Å². The van der Waals surface area contributed by atoms with Gasteiger partial charge < -0.3 is 5.32 Å². The standard InChI is InChI=1S/C20H16ClN5OS/c1-13(19(27)22-18-11-4-7-14-6-2-3-10-17(14)18)28-20-23-24-25-26(20)16-9-5-8-15(21)12-16/h2-13H,1H3,(H,22,27)/t13-/m1/s1. The van der Waals surface area contributed by atoms with Gasteiger partial charge in [0.1, 0.15) is 0 Å². The number of anilines is 1. The first-order chi connectivity index (χ1) is 13.6. The van der Waals surface area contributed by atoms with Crippen molar-refractivity contribution in [2.45, 2.75) is 17.3 Å². The number of carbonyl (C=O) groups excluding carboxylic acids is 1. The lowest BCUT2D eigenvalue weighted by molar-refractivity contribution is -0.115. The Balaban J connectivity index is 1.52. The van der Waals surface area contributed by atoms with Crippen molar-refractivity contribution in [3.05, 3.63) is 71.8 Å². The number of tetrazole rings is 1. The van der Waals surface area contributed by atoms with Gasteiger partial charge in [0.05, 0.1) is 10.9 Å². The fraction of sp³-hybridized carbons (Fsp3) is 0.100. The molecule has 4 aromatic rings. The Labute approximate surface area is 170 Å². The first-order valence-corrected chi connectivity index (χ1v) is 9.87. The highest BCUT2D eigenvalue weighted by Gasteiger charge is 2.20. The van der Waals surface area contributed by atoms with Gasteiger partial charge in [-0.15, -0.1) is 5.10 Å². The van der Waals surface area contributed by atoms with E-state index >= 15 is 0 Å². The maximum atomic E-state index is 12.8. The maximum Gasteiger partial charge on any atom is 0.237 e. The second-order valence-corrected chi connectivity index (χ2v) is 7.87. The van der Waals surface area contributed by atoms with Crippen LogP contribution in [0.3, 0.4) is 0 Å². The lowest BCUT2D eigenvalue weighted by Gasteiger charge is -2.13. The Hall–Kier alpha value is -2.90. The second kappa shape index (κ2) is 8.00. The van der Waals surface area contributed by atoms with Crippen LogP contribution < -0.4 is 5.32 Å². The number of rotatable bonds is 5. The molecule has 1 amide bonds. The van der Waals surface area contributed by atoms with Gasteiger partial charge in [-0.05, 0) is 47.0 Å². The van der Waals surface area contributed by atoms with Crippen LogP contribution >= 0.6 is 23.4 Å². The minimum Gasteiger partial charge on any atom is -0.325 e. The molecule has 0 aliphatic carbocycles. The molecule has 0 fully saturated rings. The Morgan fingerprint density at radius 1 is 1.11 bits per heavy atom. The molecule has 0 spiro atoms. The molecule has 0 bridgehead atoms. The Bertz CT molecular complexity index is 1140. The summed E-state index contributed by atoms with van der Waals surface area (Å²) in [4.78, 5) is 12.8. The number of hydrogen-bond acceptors (Lipinski definition) is 5. The van der Waals surface area contributed by atoms with Crippen molar-refractivity contribution >= 4 is 45.7 Å². The van der Waals surface area contributed by atoms with Gasteiger partial charge in [0.25, 0.3) is 0 Å². The van der Waals surface area contributed by atoms with Gasteiger partial charge in [0, 0.05) is 16.1 Å². The van der Waals surface area contributed by atoms with Gasteiger partial charge in [-0.1, -0.05) is 65.8 Å². The largest absolute Gasteiger partial charge is 0.325 e. The predicted molar refractivity (Wildman–Crippen MR) is 112 cm³/mol. The number of fused-ring (bicyclic) bond motifs is 1. The van der Waals surface area contributed by atoms with Crippen molar-refractivity contribution in [2.75, 3.05) is 5.32 Å². The summed E-state index contributed by atoms with van der Waals surface area (Å²) in [6.45, 7) is 1.82. The van der Waals surface area contributed by atoms with E-state index in [9.17, 15) is 4.79 Å². The molecule has 3 aromatic carbocycles. The highest BCUT2D eigenvalue weighted by Crippen LogP contribution is 2.27. The molecule has 4 rings (SSSR count). The normalized spacial score (nSPS) is 12.1. The number of hydrogen-bond donors (Lipinski definition) is 1. The number of thioether (sulfide) groups is 1. The fourth-order valence-electron chi connectivity index (χ4n) is 2.80. The summed E-state index contributed by atoms with van der Waals surface area (Å²) in [5.41, 5.74) is 1.52. The van der Waals surface area contributed by atoms with Crippen molar-refractivity contribution in [2.24, 2.45) is 0 Å². The van der Waals surface area contributed by atoms with Crippen LogP contribution in [-0.4, -0.2) is 31.4 Å². The van der Waals surface area contributed by atoms with Crippen molar-refractivity contribution in [3.63, 3.8) is 0 Å². The SMILES string of the molecule is C[C@@H](Sc1nnnn1-c1cccc(Cl)c1)C(=O)Nc1cccc2ccccc12. The Morgan fingerprint density at radius 3 is 2.75 bits per heavy atom. The topological polar surface area (TPSA) is 72.7 Å². The highest BCUT2D eigenvalue weighted by atomic mass is 35.5. The highest BCUT2D eigenvalue weighted by molar-refractivity contribution is 8.00. The number of benzene rings is 3. The van der Waals surface area contributed by atoms with E-state index in [1.165, 1.54) is 11.8 Å². The van der Waals surface area contributed by atoms with E-state index in [1.807, 2.05) is 61.5 Å². The van der Waals surface area contributed by atoms with Crippen LogP contribution in [0, 0.1) is 0 Å². The first kappa shape index (κ1) is 18.5. The van der Waals surface area contributed by atoms with Crippen LogP contribution in [0.4, 0.5) is 5.69 Å². The molecular formula is C20H16ClN5OS. The van der Waals surface area contributed by atoms with Crippen LogP contribution in [0.1, 0.15) is 6.92 Å². The molecule has 1 aromatic heterocycles. The van der Waals surface area contributed by atoms with Crippen molar-refractivity contribution in [1.82, 2.24) is 20.2 Å². The Kier molecular flexibility index (Phi) is 5.27. The molecular weight excluding hydrogens is 394 g/mol. The van der Waals surface area contributed by atoms with E-state index in [1.54, 1.807) is 16.8 Å². The molecule has 28 heavy (non-hydrogen) atoms. The van der Waals surface area contributed by atoms with Crippen LogP contribution in [0.15, 0.2) is 71.9 Å². The maximum absolute atomic E-state index is 12.8. The lowest BCUT2D eigenvalue weighted by atomic mass is 10.1. The lowest BCUT2D eigenvalue weighted by Crippen LogP contribution is -2.23. The number of amides is 1. The number of nitrogens with one attached hydrogen (secondary N) is 1. The van der Waals surface area contributed by atoms with Gasteiger partial charge in [-0.2, -0.15) is 4.68 Å². The average Bonchev–Trinajstić information content (AvgIpc) is 3.16. The fourth-order valence-corrected chi connectivity index (χ4v) is 3.79.